The van der Waals surface area contributed by atoms with Crippen LogP contribution in [0.3, 0.4) is 0 Å². The lowest BCUT2D eigenvalue weighted by molar-refractivity contribution is -0.144. The van der Waals surface area contributed by atoms with Crippen molar-refractivity contribution in [2.45, 2.75) is 26.3 Å². The fourth-order valence-electron chi connectivity index (χ4n) is 1.69. The minimum atomic E-state index is -0.998. The Morgan fingerprint density at radius 2 is 1.96 bits per heavy atom. The Bertz CT molecular complexity index is 644. The smallest absolute Gasteiger partial charge is 0.331 e. The molecule has 0 aromatic heterocycles. The molecule has 0 aliphatic carbocycles. The number of benzene rings is 1. The number of hydrogen-bond donors (Lipinski definition) is 1. The molecule has 0 aliphatic heterocycles. The number of hydrogen-bond acceptors (Lipinski definition) is 5. The summed E-state index contributed by atoms with van der Waals surface area (Å²) in [7, 11) is 1.57. The Morgan fingerprint density at radius 1 is 1.33 bits per heavy atom. The second-order valence-electron chi connectivity index (χ2n) is 5.73. The molecule has 0 saturated carbocycles. The van der Waals surface area contributed by atoms with Crippen molar-refractivity contribution in [1.29, 1.82) is 5.26 Å². The van der Waals surface area contributed by atoms with E-state index >= 15 is 0 Å². The molecule has 0 spiro atoms. The molecule has 0 aliphatic rings. The molecule has 0 unspecified atom stereocenters. The van der Waals surface area contributed by atoms with E-state index < -0.39 is 24.0 Å². The van der Waals surface area contributed by atoms with Crippen molar-refractivity contribution in [2.75, 3.05) is 13.7 Å². The topological polar surface area (TPSA) is 88.4 Å². The van der Waals surface area contributed by atoms with Crippen LogP contribution in [0.25, 0.3) is 6.08 Å². The summed E-state index contributed by atoms with van der Waals surface area (Å²) in [5.74, 6) is -0.502. The number of nitrogens with zero attached hydrogens (tertiary/aromatic N) is 1. The van der Waals surface area contributed by atoms with Crippen LogP contribution in [-0.2, 0) is 14.3 Å². The number of ether oxygens (including phenoxy) is 2. The maximum Gasteiger partial charge on any atom is 0.331 e. The molecule has 6 nitrogen and oxygen atoms in total. The zero-order chi connectivity index (χ0) is 18.2. The second kappa shape index (κ2) is 8.73. The van der Waals surface area contributed by atoms with E-state index in [-0.39, 0.29) is 5.92 Å². The lowest BCUT2D eigenvalue weighted by atomic mass is 9.90. The number of methoxy groups -OCH3 is 1. The Morgan fingerprint density at radius 3 is 2.46 bits per heavy atom. The lowest BCUT2D eigenvalue weighted by Crippen LogP contribution is -2.50. The highest BCUT2D eigenvalue weighted by Gasteiger charge is 2.30. The summed E-state index contributed by atoms with van der Waals surface area (Å²) in [6, 6.07) is 9.17. The van der Waals surface area contributed by atoms with Gasteiger partial charge in [0.1, 0.15) is 11.3 Å². The zero-order valence-corrected chi connectivity index (χ0v) is 14.3. The number of amides is 1. The van der Waals surface area contributed by atoms with Crippen LogP contribution in [-0.4, -0.2) is 31.1 Å². The van der Waals surface area contributed by atoms with Crippen molar-refractivity contribution >= 4 is 18.0 Å². The molecule has 0 saturated heterocycles. The molecule has 0 radical (unpaired) electrons. The number of carbonyl (C=O) groups excluding carboxylic acids is 2. The van der Waals surface area contributed by atoms with Gasteiger partial charge in [-0.05, 0) is 36.6 Å². The minimum Gasteiger partial charge on any atom is -0.497 e. The van der Waals surface area contributed by atoms with Crippen LogP contribution in [0, 0.1) is 17.2 Å². The normalized spacial score (nSPS) is 13.2. The summed E-state index contributed by atoms with van der Waals surface area (Å²) in [6.07, 6.45) is 2.81. The van der Waals surface area contributed by atoms with E-state index in [0.717, 1.165) is 11.3 Å². The van der Waals surface area contributed by atoms with Crippen LogP contribution in [0.1, 0.15) is 26.3 Å². The van der Waals surface area contributed by atoms with Gasteiger partial charge in [0.25, 0.3) is 5.91 Å². The van der Waals surface area contributed by atoms with Gasteiger partial charge in [0, 0.05) is 6.08 Å². The van der Waals surface area contributed by atoms with Crippen LogP contribution < -0.4 is 10.1 Å². The third-order valence-corrected chi connectivity index (χ3v) is 3.66. The number of rotatable bonds is 7. The molecule has 1 amide bonds. The molecular formula is C18H22N2O4. The first-order valence-corrected chi connectivity index (χ1v) is 7.52. The molecule has 0 heterocycles. The molecule has 1 rings (SSSR count). The maximum absolute atomic E-state index is 11.8. The summed E-state index contributed by atoms with van der Waals surface area (Å²) in [5.41, 5.74) is -0.198. The van der Waals surface area contributed by atoms with E-state index in [0.29, 0.717) is 0 Å². The Hall–Kier alpha value is -2.81. The molecule has 1 aromatic carbocycles. The highest BCUT2D eigenvalue weighted by Crippen LogP contribution is 2.15. The Labute approximate surface area is 142 Å². The van der Waals surface area contributed by atoms with Gasteiger partial charge >= 0.3 is 5.97 Å². The molecular weight excluding hydrogens is 308 g/mol. The van der Waals surface area contributed by atoms with Gasteiger partial charge in [-0.1, -0.05) is 26.0 Å². The van der Waals surface area contributed by atoms with Gasteiger partial charge in [-0.3, -0.25) is 4.79 Å². The predicted octanol–water partition coefficient (Wildman–Crippen LogP) is 2.31. The van der Waals surface area contributed by atoms with Gasteiger partial charge in [-0.2, -0.15) is 5.26 Å². The second-order valence-corrected chi connectivity index (χ2v) is 5.73. The summed E-state index contributed by atoms with van der Waals surface area (Å²) in [4.78, 5) is 23.4. The lowest BCUT2D eigenvalue weighted by Gasteiger charge is -2.27. The largest absolute Gasteiger partial charge is 0.497 e. The van der Waals surface area contributed by atoms with Crippen molar-refractivity contribution in [3.05, 3.63) is 35.9 Å². The minimum absolute atomic E-state index is 0.0721. The van der Waals surface area contributed by atoms with Crippen molar-refractivity contribution in [2.24, 2.45) is 5.92 Å². The van der Waals surface area contributed by atoms with Crippen LogP contribution in [0.5, 0.6) is 5.75 Å². The highest BCUT2D eigenvalue weighted by atomic mass is 16.5. The SMILES string of the molecule is COc1ccc(/C=C/C(=O)OCC(=O)N[C@@](C)(C#N)C(C)C)cc1. The van der Waals surface area contributed by atoms with Crippen LogP contribution in [0.15, 0.2) is 30.3 Å². The molecule has 1 aromatic rings. The summed E-state index contributed by atoms with van der Waals surface area (Å²) >= 11 is 0. The fraction of sp³-hybridized carbons (Fsp3) is 0.389. The average molecular weight is 330 g/mol. The first-order chi connectivity index (χ1) is 11.3. The zero-order valence-electron chi connectivity index (χ0n) is 14.3. The molecule has 1 N–H and O–H groups in total. The monoisotopic (exact) mass is 330 g/mol. The molecule has 1 atom stereocenters. The fourth-order valence-corrected chi connectivity index (χ4v) is 1.69. The number of nitriles is 1. The highest BCUT2D eigenvalue weighted by molar-refractivity contribution is 5.89. The van der Waals surface area contributed by atoms with E-state index in [4.69, 9.17) is 14.7 Å². The first-order valence-electron chi connectivity index (χ1n) is 7.52. The van der Waals surface area contributed by atoms with Gasteiger partial charge in [-0.15, -0.1) is 0 Å². The van der Waals surface area contributed by atoms with Crippen molar-refractivity contribution in [1.82, 2.24) is 5.32 Å². The van der Waals surface area contributed by atoms with Crippen LogP contribution in [0.2, 0.25) is 0 Å². The molecule has 6 heteroatoms. The quantitative estimate of drug-likeness (QED) is 0.612. The molecule has 0 fully saturated rings. The summed E-state index contributed by atoms with van der Waals surface area (Å²) in [5, 5.41) is 11.7. The van der Waals surface area contributed by atoms with E-state index in [9.17, 15) is 9.59 Å². The summed E-state index contributed by atoms with van der Waals surface area (Å²) < 4.78 is 9.91. The average Bonchev–Trinajstić information content (AvgIpc) is 2.58. The maximum atomic E-state index is 11.8. The van der Waals surface area contributed by atoms with E-state index in [1.807, 2.05) is 13.8 Å². The van der Waals surface area contributed by atoms with Gasteiger partial charge in [0.15, 0.2) is 6.61 Å². The van der Waals surface area contributed by atoms with Crippen molar-refractivity contribution in [3.63, 3.8) is 0 Å². The van der Waals surface area contributed by atoms with Crippen LogP contribution >= 0.6 is 0 Å². The molecule has 0 bridgehead atoms. The van der Waals surface area contributed by atoms with Crippen LogP contribution in [0.4, 0.5) is 0 Å². The predicted molar refractivity (Wildman–Crippen MR) is 90.0 cm³/mol. The van der Waals surface area contributed by atoms with Gasteiger partial charge < -0.3 is 14.8 Å². The number of nitrogens with one attached hydrogen (secondary N) is 1. The number of carbonyl (C=O) groups is 2. The van der Waals surface area contributed by atoms with E-state index in [1.165, 1.54) is 6.08 Å². The Balaban J connectivity index is 2.49. The van der Waals surface area contributed by atoms with Gasteiger partial charge in [0.05, 0.1) is 13.2 Å². The third kappa shape index (κ3) is 5.76. The number of esters is 1. The van der Waals surface area contributed by atoms with E-state index in [2.05, 4.69) is 11.4 Å². The first kappa shape index (κ1) is 19.2. The molecule has 128 valence electrons. The summed E-state index contributed by atoms with van der Waals surface area (Å²) in [6.45, 7) is 4.84. The molecule has 24 heavy (non-hydrogen) atoms. The van der Waals surface area contributed by atoms with Crippen molar-refractivity contribution in [3.8, 4) is 11.8 Å². The van der Waals surface area contributed by atoms with Gasteiger partial charge in [-0.25, -0.2) is 4.79 Å². The Kier molecular flexibility index (Phi) is 6.99. The third-order valence-electron chi connectivity index (χ3n) is 3.66. The standard InChI is InChI=1S/C18H22N2O4/c1-13(2)18(3,12-19)20-16(21)11-24-17(22)10-7-14-5-8-15(23-4)9-6-14/h5-10,13H,11H2,1-4H3,(H,20,21)/b10-7+/t18-/m0/s1. The van der Waals surface area contributed by atoms with E-state index in [1.54, 1.807) is 44.4 Å². The van der Waals surface area contributed by atoms with Crippen molar-refractivity contribution < 1.29 is 19.1 Å². The van der Waals surface area contributed by atoms with Gasteiger partial charge in [0.2, 0.25) is 0 Å².